The van der Waals surface area contributed by atoms with Gasteiger partial charge in [-0.1, -0.05) is 36.4 Å². The molecule has 3 heteroatoms. The van der Waals surface area contributed by atoms with Crippen LogP contribution in [0.4, 0.5) is 0 Å². The predicted molar refractivity (Wildman–Crippen MR) is 81.8 cm³/mol. The van der Waals surface area contributed by atoms with Crippen LogP contribution in [0.25, 0.3) is 0 Å². The molecular formula is C18H20O3. The molecule has 2 aromatic rings. The first-order chi connectivity index (χ1) is 10.2. The molecule has 0 aromatic heterocycles. The monoisotopic (exact) mass is 284 g/mol. The van der Waals surface area contributed by atoms with Crippen LogP contribution in [-0.2, 0) is 0 Å². The molecule has 3 nitrogen and oxygen atoms in total. The number of benzene rings is 2. The van der Waals surface area contributed by atoms with Crippen LogP contribution in [0, 0.1) is 5.92 Å². The highest BCUT2D eigenvalue weighted by Gasteiger charge is 2.43. The molecule has 1 aliphatic rings. The number of ether oxygens (including phenoxy) is 2. The second-order valence-electron chi connectivity index (χ2n) is 5.48. The van der Waals surface area contributed by atoms with Gasteiger partial charge < -0.3 is 14.6 Å². The van der Waals surface area contributed by atoms with Crippen LogP contribution in [-0.4, -0.2) is 19.3 Å². The van der Waals surface area contributed by atoms with Gasteiger partial charge in [-0.2, -0.15) is 0 Å². The fourth-order valence-electron chi connectivity index (χ4n) is 2.93. The van der Waals surface area contributed by atoms with E-state index in [1.165, 1.54) is 5.56 Å². The number of aliphatic hydroxyl groups excluding tert-OH is 1. The van der Waals surface area contributed by atoms with Crippen LogP contribution >= 0.6 is 0 Å². The third-order valence-electron chi connectivity index (χ3n) is 4.22. The maximum atomic E-state index is 10.6. The number of aliphatic hydroxyl groups is 1. The highest BCUT2D eigenvalue weighted by molar-refractivity contribution is 5.44. The van der Waals surface area contributed by atoms with Crippen LogP contribution in [0.5, 0.6) is 11.5 Å². The summed E-state index contributed by atoms with van der Waals surface area (Å²) in [7, 11) is 3.22. The standard InChI is InChI=1S/C18H20O3/c1-20-16-9-8-13(10-17(16)21-2)18(19)15-11-14(15)12-6-4-3-5-7-12/h3-10,14-15,18-19H,11H2,1-2H3. The number of hydrogen-bond acceptors (Lipinski definition) is 3. The first-order valence-electron chi connectivity index (χ1n) is 7.19. The van der Waals surface area contributed by atoms with E-state index in [-0.39, 0.29) is 5.92 Å². The minimum absolute atomic E-state index is 0.283. The second kappa shape index (κ2) is 5.78. The molecule has 1 fully saturated rings. The Morgan fingerprint density at radius 3 is 2.38 bits per heavy atom. The molecule has 0 saturated heterocycles. The van der Waals surface area contributed by atoms with Gasteiger partial charge in [-0.15, -0.1) is 0 Å². The van der Waals surface area contributed by atoms with E-state index in [0.717, 1.165) is 12.0 Å². The van der Waals surface area contributed by atoms with E-state index in [0.29, 0.717) is 17.4 Å². The minimum atomic E-state index is -0.463. The van der Waals surface area contributed by atoms with Crippen molar-refractivity contribution in [1.82, 2.24) is 0 Å². The summed E-state index contributed by atoms with van der Waals surface area (Å²) in [6, 6.07) is 16.0. The molecule has 1 saturated carbocycles. The summed E-state index contributed by atoms with van der Waals surface area (Å²) in [6.07, 6.45) is 0.564. The van der Waals surface area contributed by atoms with Gasteiger partial charge in [0.2, 0.25) is 0 Å². The number of methoxy groups -OCH3 is 2. The highest BCUT2D eigenvalue weighted by atomic mass is 16.5. The van der Waals surface area contributed by atoms with Crippen molar-refractivity contribution in [3.63, 3.8) is 0 Å². The minimum Gasteiger partial charge on any atom is -0.493 e. The van der Waals surface area contributed by atoms with Crippen molar-refractivity contribution in [2.75, 3.05) is 14.2 Å². The van der Waals surface area contributed by atoms with Gasteiger partial charge in [0.05, 0.1) is 20.3 Å². The van der Waals surface area contributed by atoms with Gasteiger partial charge >= 0.3 is 0 Å². The Balaban J connectivity index is 1.76. The van der Waals surface area contributed by atoms with E-state index in [1.807, 2.05) is 36.4 Å². The van der Waals surface area contributed by atoms with Crippen molar-refractivity contribution in [2.45, 2.75) is 18.4 Å². The van der Waals surface area contributed by atoms with E-state index in [9.17, 15) is 5.11 Å². The molecular weight excluding hydrogens is 264 g/mol. The molecule has 0 heterocycles. The Morgan fingerprint density at radius 2 is 1.71 bits per heavy atom. The highest BCUT2D eigenvalue weighted by Crippen LogP contribution is 2.54. The summed E-state index contributed by atoms with van der Waals surface area (Å²) < 4.78 is 10.5. The molecule has 0 bridgehead atoms. The fourth-order valence-corrected chi connectivity index (χ4v) is 2.93. The van der Waals surface area contributed by atoms with Gasteiger partial charge in [-0.05, 0) is 41.5 Å². The Morgan fingerprint density at radius 1 is 1.00 bits per heavy atom. The Bertz CT molecular complexity index is 609. The van der Waals surface area contributed by atoms with Crippen molar-refractivity contribution in [1.29, 1.82) is 0 Å². The van der Waals surface area contributed by atoms with Crippen molar-refractivity contribution >= 4 is 0 Å². The molecule has 2 aromatic carbocycles. The Hall–Kier alpha value is -2.00. The van der Waals surface area contributed by atoms with Crippen LogP contribution < -0.4 is 9.47 Å². The summed E-state index contributed by atoms with van der Waals surface area (Å²) in [4.78, 5) is 0. The third-order valence-corrected chi connectivity index (χ3v) is 4.22. The van der Waals surface area contributed by atoms with Crippen LogP contribution in [0.2, 0.25) is 0 Å². The molecule has 0 radical (unpaired) electrons. The van der Waals surface area contributed by atoms with Gasteiger partial charge in [0, 0.05) is 0 Å². The summed E-state index contributed by atoms with van der Waals surface area (Å²) in [5.74, 6) is 2.08. The predicted octanol–water partition coefficient (Wildman–Crippen LogP) is 3.54. The second-order valence-corrected chi connectivity index (χ2v) is 5.48. The number of rotatable bonds is 5. The quantitative estimate of drug-likeness (QED) is 0.912. The lowest BCUT2D eigenvalue weighted by atomic mass is 10.0. The SMILES string of the molecule is COc1ccc(C(O)C2CC2c2ccccc2)cc1OC. The van der Waals surface area contributed by atoms with E-state index in [4.69, 9.17) is 9.47 Å². The molecule has 1 N–H and O–H groups in total. The molecule has 0 spiro atoms. The molecule has 1 aliphatic carbocycles. The normalized spacial score (nSPS) is 21.7. The first-order valence-corrected chi connectivity index (χ1v) is 7.19. The van der Waals surface area contributed by atoms with Gasteiger partial charge in [0.15, 0.2) is 11.5 Å². The fraction of sp³-hybridized carbons (Fsp3) is 0.333. The zero-order valence-electron chi connectivity index (χ0n) is 12.3. The van der Waals surface area contributed by atoms with Crippen LogP contribution in [0.15, 0.2) is 48.5 Å². The van der Waals surface area contributed by atoms with Crippen molar-refractivity contribution in [2.24, 2.45) is 5.92 Å². The van der Waals surface area contributed by atoms with E-state index in [2.05, 4.69) is 12.1 Å². The number of hydrogen-bond donors (Lipinski definition) is 1. The van der Waals surface area contributed by atoms with Gasteiger partial charge in [-0.25, -0.2) is 0 Å². The van der Waals surface area contributed by atoms with Crippen molar-refractivity contribution < 1.29 is 14.6 Å². The summed E-state index contributed by atoms with van der Waals surface area (Å²) >= 11 is 0. The maximum Gasteiger partial charge on any atom is 0.161 e. The Kier molecular flexibility index (Phi) is 3.84. The van der Waals surface area contributed by atoms with Gasteiger partial charge in [0.25, 0.3) is 0 Å². The lowest BCUT2D eigenvalue weighted by Gasteiger charge is -2.14. The molecule has 3 rings (SSSR count). The summed E-state index contributed by atoms with van der Waals surface area (Å²) in [6.45, 7) is 0. The molecule has 21 heavy (non-hydrogen) atoms. The van der Waals surface area contributed by atoms with Crippen LogP contribution in [0.3, 0.4) is 0 Å². The molecule has 3 atom stereocenters. The largest absolute Gasteiger partial charge is 0.493 e. The van der Waals surface area contributed by atoms with Crippen molar-refractivity contribution in [3.8, 4) is 11.5 Å². The summed E-state index contributed by atoms with van der Waals surface area (Å²) in [5, 5.41) is 10.6. The topological polar surface area (TPSA) is 38.7 Å². The zero-order chi connectivity index (χ0) is 14.8. The molecule has 0 aliphatic heterocycles. The van der Waals surface area contributed by atoms with E-state index < -0.39 is 6.10 Å². The first kappa shape index (κ1) is 14.0. The average molecular weight is 284 g/mol. The van der Waals surface area contributed by atoms with Gasteiger partial charge in [-0.3, -0.25) is 0 Å². The van der Waals surface area contributed by atoms with Gasteiger partial charge in [0.1, 0.15) is 0 Å². The Labute approximate surface area is 125 Å². The zero-order valence-corrected chi connectivity index (χ0v) is 12.3. The molecule has 3 unspecified atom stereocenters. The lowest BCUT2D eigenvalue weighted by molar-refractivity contribution is 0.151. The van der Waals surface area contributed by atoms with E-state index >= 15 is 0 Å². The van der Waals surface area contributed by atoms with Crippen molar-refractivity contribution in [3.05, 3.63) is 59.7 Å². The molecule has 0 amide bonds. The maximum absolute atomic E-state index is 10.6. The van der Waals surface area contributed by atoms with E-state index in [1.54, 1.807) is 14.2 Å². The summed E-state index contributed by atoms with van der Waals surface area (Å²) in [5.41, 5.74) is 2.19. The lowest BCUT2D eigenvalue weighted by Crippen LogP contribution is -2.02. The smallest absolute Gasteiger partial charge is 0.161 e. The van der Waals surface area contributed by atoms with Crippen LogP contribution in [0.1, 0.15) is 29.6 Å². The molecule has 110 valence electrons. The average Bonchev–Trinajstić information content (AvgIpc) is 3.35. The third kappa shape index (κ3) is 2.74.